The SMILES string of the molecule is COCc1cc(=O)nc2n1C[C@@H](COS(=O)(=O)c1ccc(C)cc1)O2. The van der Waals surface area contributed by atoms with Gasteiger partial charge in [-0.1, -0.05) is 17.7 Å². The summed E-state index contributed by atoms with van der Waals surface area (Å²) in [6.07, 6.45) is -0.565. The predicted octanol–water partition coefficient (Wildman–Crippen LogP) is 0.865. The van der Waals surface area contributed by atoms with Crippen LogP contribution in [0.2, 0.25) is 0 Å². The van der Waals surface area contributed by atoms with Gasteiger partial charge in [-0.15, -0.1) is 0 Å². The lowest BCUT2D eigenvalue weighted by Crippen LogP contribution is -2.24. The smallest absolute Gasteiger partial charge is 0.300 e. The lowest BCUT2D eigenvalue weighted by molar-refractivity contribution is 0.147. The third kappa shape index (κ3) is 3.89. The fourth-order valence-corrected chi connectivity index (χ4v) is 3.43. The van der Waals surface area contributed by atoms with Gasteiger partial charge in [0.15, 0.2) is 0 Å². The minimum absolute atomic E-state index is 0.0845. The first-order valence-electron chi connectivity index (χ1n) is 7.61. The number of fused-ring (bicyclic) bond motifs is 1. The first-order valence-corrected chi connectivity index (χ1v) is 9.02. The summed E-state index contributed by atoms with van der Waals surface area (Å²) >= 11 is 0. The summed E-state index contributed by atoms with van der Waals surface area (Å²) in [5.74, 6) is 0. The molecule has 8 nitrogen and oxygen atoms in total. The summed E-state index contributed by atoms with van der Waals surface area (Å²) in [5, 5.41) is 0. The quantitative estimate of drug-likeness (QED) is 0.700. The Morgan fingerprint density at radius 2 is 2.04 bits per heavy atom. The molecule has 1 aromatic heterocycles. The highest BCUT2D eigenvalue weighted by Crippen LogP contribution is 2.22. The molecule has 25 heavy (non-hydrogen) atoms. The van der Waals surface area contributed by atoms with Crippen LogP contribution in [-0.4, -0.2) is 37.8 Å². The van der Waals surface area contributed by atoms with E-state index in [1.807, 2.05) is 6.92 Å². The number of methoxy groups -OCH3 is 1. The van der Waals surface area contributed by atoms with E-state index in [-0.39, 0.29) is 24.1 Å². The highest BCUT2D eigenvalue weighted by Gasteiger charge is 2.28. The van der Waals surface area contributed by atoms with Gasteiger partial charge in [-0.05, 0) is 19.1 Å². The van der Waals surface area contributed by atoms with Crippen molar-refractivity contribution in [2.45, 2.75) is 31.1 Å². The highest BCUT2D eigenvalue weighted by molar-refractivity contribution is 7.86. The van der Waals surface area contributed by atoms with E-state index in [1.54, 1.807) is 16.7 Å². The minimum atomic E-state index is -3.88. The van der Waals surface area contributed by atoms with E-state index in [0.717, 1.165) is 5.56 Å². The second-order valence-corrected chi connectivity index (χ2v) is 7.32. The number of hydrogen-bond donors (Lipinski definition) is 0. The van der Waals surface area contributed by atoms with Gasteiger partial charge in [0.25, 0.3) is 15.7 Å². The molecule has 2 heterocycles. The number of benzene rings is 1. The molecule has 1 aliphatic heterocycles. The molecule has 0 radical (unpaired) electrons. The van der Waals surface area contributed by atoms with Crippen LogP contribution in [0.1, 0.15) is 11.3 Å². The maximum Gasteiger partial charge on any atom is 0.300 e. The van der Waals surface area contributed by atoms with Crippen LogP contribution in [0, 0.1) is 6.92 Å². The van der Waals surface area contributed by atoms with E-state index in [0.29, 0.717) is 12.2 Å². The van der Waals surface area contributed by atoms with Crippen LogP contribution in [0.5, 0.6) is 6.01 Å². The van der Waals surface area contributed by atoms with Gasteiger partial charge >= 0.3 is 6.01 Å². The maximum absolute atomic E-state index is 12.2. The summed E-state index contributed by atoms with van der Waals surface area (Å²) in [5.41, 5.74) is 1.13. The Morgan fingerprint density at radius 1 is 1.32 bits per heavy atom. The van der Waals surface area contributed by atoms with Crippen LogP contribution >= 0.6 is 0 Å². The van der Waals surface area contributed by atoms with E-state index < -0.39 is 21.8 Å². The molecule has 1 atom stereocenters. The molecule has 0 spiro atoms. The molecule has 2 aromatic rings. The molecule has 134 valence electrons. The topological polar surface area (TPSA) is 96.7 Å². The Bertz CT molecular complexity index is 921. The summed E-state index contributed by atoms with van der Waals surface area (Å²) in [7, 11) is -2.36. The Balaban J connectivity index is 1.70. The number of nitrogens with zero attached hydrogens (tertiary/aromatic N) is 2. The molecular weight excluding hydrogens is 348 g/mol. The molecule has 0 bridgehead atoms. The van der Waals surface area contributed by atoms with Crippen molar-refractivity contribution in [2.24, 2.45) is 0 Å². The molecule has 0 fully saturated rings. The molecule has 1 aromatic carbocycles. The summed E-state index contributed by atoms with van der Waals surface area (Å²) in [6, 6.07) is 7.89. The Kier molecular flexibility index (Phi) is 4.89. The van der Waals surface area contributed by atoms with E-state index in [4.69, 9.17) is 13.7 Å². The molecule has 0 unspecified atom stereocenters. The number of rotatable bonds is 6. The molecule has 0 saturated heterocycles. The van der Waals surface area contributed by atoms with Crippen molar-refractivity contribution in [3.05, 3.63) is 51.9 Å². The molecule has 0 amide bonds. The monoisotopic (exact) mass is 366 g/mol. The van der Waals surface area contributed by atoms with Crippen LogP contribution < -0.4 is 10.3 Å². The normalized spacial score (nSPS) is 16.5. The highest BCUT2D eigenvalue weighted by atomic mass is 32.2. The molecule has 9 heteroatoms. The molecule has 0 saturated carbocycles. The van der Waals surface area contributed by atoms with Gasteiger partial charge in [0.2, 0.25) is 0 Å². The molecular formula is C16H18N2O6S. The van der Waals surface area contributed by atoms with Crippen molar-refractivity contribution < 1.29 is 22.1 Å². The van der Waals surface area contributed by atoms with Gasteiger partial charge in [-0.25, -0.2) is 0 Å². The molecule has 0 aliphatic carbocycles. The molecule has 0 N–H and O–H groups in total. The van der Waals surface area contributed by atoms with Gasteiger partial charge in [0, 0.05) is 13.2 Å². The third-order valence-corrected chi connectivity index (χ3v) is 5.04. The van der Waals surface area contributed by atoms with Gasteiger partial charge in [-0.2, -0.15) is 13.4 Å². The predicted molar refractivity (Wildman–Crippen MR) is 87.9 cm³/mol. The van der Waals surface area contributed by atoms with Crippen LogP contribution in [0.15, 0.2) is 40.0 Å². The zero-order valence-corrected chi connectivity index (χ0v) is 14.7. The number of aryl methyl sites for hydroxylation is 1. The lowest BCUT2D eigenvalue weighted by Gasteiger charge is -2.10. The summed E-state index contributed by atoms with van der Waals surface area (Å²) in [4.78, 5) is 15.4. The van der Waals surface area contributed by atoms with Crippen molar-refractivity contribution in [1.29, 1.82) is 0 Å². The average Bonchev–Trinajstić information content (AvgIpc) is 2.97. The zero-order chi connectivity index (χ0) is 18.0. The maximum atomic E-state index is 12.2. The van der Waals surface area contributed by atoms with Crippen LogP contribution in [0.3, 0.4) is 0 Å². The van der Waals surface area contributed by atoms with E-state index >= 15 is 0 Å². The standard InChI is InChI=1S/C16H18N2O6S/c1-11-3-5-14(6-4-11)25(20,21)23-10-13-8-18-12(9-22-2)7-15(19)17-16(18)24-13/h3-7,13H,8-10H2,1-2H3/t13-/m0/s1. The van der Waals surface area contributed by atoms with Crippen LogP contribution in [0.4, 0.5) is 0 Å². The molecule has 1 aliphatic rings. The average molecular weight is 366 g/mol. The Labute approximate surface area is 145 Å². The number of hydrogen-bond acceptors (Lipinski definition) is 7. The summed E-state index contributed by atoms with van der Waals surface area (Å²) in [6.45, 7) is 2.24. The first kappa shape index (κ1) is 17.6. The Morgan fingerprint density at radius 3 is 2.72 bits per heavy atom. The zero-order valence-electron chi connectivity index (χ0n) is 13.8. The second-order valence-electron chi connectivity index (χ2n) is 5.70. The number of ether oxygens (including phenoxy) is 2. The largest absolute Gasteiger partial charge is 0.457 e. The summed E-state index contributed by atoms with van der Waals surface area (Å²) < 4.78 is 41.8. The molecule has 3 rings (SSSR count). The van der Waals surface area contributed by atoms with E-state index in [1.165, 1.54) is 25.3 Å². The fraction of sp³-hybridized carbons (Fsp3) is 0.375. The van der Waals surface area contributed by atoms with Gasteiger partial charge < -0.3 is 9.47 Å². The minimum Gasteiger partial charge on any atom is -0.457 e. The van der Waals surface area contributed by atoms with E-state index in [9.17, 15) is 13.2 Å². The van der Waals surface area contributed by atoms with Crippen molar-refractivity contribution >= 4 is 10.1 Å². The first-order chi connectivity index (χ1) is 11.9. The van der Waals surface area contributed by atoms with Crippen LogP contribution in [0.25, 0.3) is 0 Å². The van der Waals surface area contributed by atoms with Crippen molar-refractivity contribution in [1.82, 2.24) is 9.55 Å². The van der Waals surface area contributed by atoms with Crippen LogP contribution in [-0.2, 0) is 32.2 Å². The third-order valence-electron chi connectivity index (χ3n) is 3.74. The van der Waals surface area contributed by atoms with Crippen molar-refractivity contribution in [3.8, 4) is 6.01 Å². The lowest BCUT2D eigenvalue weighted by atomic mass is 10.2. The fourth-order valence-electron chi connectivity index (χ4n) is 2.50. The van der Waals surface area contributed by atoms with Gasteiger partial charge in [0.1, 0.15) is 12.7 Å². The second kappa shape index (κ2) is 6.95. The van der Waals surface area contributed by atoms with Gasteiger partial charge in [0.05, 0.1) is 23.7 Å². The van der Waals surface area contributed by atoms with E-state index in [2.05, 4.69) is 4.98 Å². The van der Waals surface area contributed by atoms with Crippen molar-refractivity contribution in [3.63, 3.8) is 0 Å². The van der Waals surface area contributed by atoms with Gasteiger partial charge in [-0.3, -0.25) is 13.5 Å². The van der Waals surface area contributed by atoms with Crippen molar-refractivity contribution in [2.75, 3.05) is 13.7 Å². The Hall–Kier alpha value is -2.23. The number of aromatic nitrogens is 2.